The van der Waals surface area contributed by atoms with Crippen LogP contribution >= 0.6 is 11.3 Å². The number of aromatic nitrogens is 1. The summed E-state index contributed by atoms with van der Waals surface area (Å²) >= 11 is 1.37. The lowest BCUT2D eigenvalue weighted by Gasteiger charge is -2.10. The standard InChI is InChI=1S/C19H19N3O4S/c1-25-15-8-4-2-6-13(15)20-11-10-18(24)26-12-17(23)22-19-21-14-7-3-5-9-16(14)27-19/h2-9,20H,10-12H2,1H3,(H,21,22,23). The topological polar surface area (TPSA) is 89.5 Å². The first-order valence-electron chi connectivity index (χ1n) is 8.33. The van der Waals surface area contributed by atoms with Crippen molar-refractivity contribution < 1.29 is 19.1 Å². The first-order chi connectivity index (χ1) is 13.2. The van der Waals surface area contributed by atoms with Crippen LogP contribution in [0, 0.1) is 0 Å². The van der Waals surface area contributed by atoms with Crippen molar-refractivity contribution in [3.05, 3.63) is 48.5 Å². The number of fused-ring (bicyclic) bond motifs is 1. The number of thiazole rings is 1. The average Bonchev–Trinajstić information content (AvgIpc) is 3.09. The lowest BCUT2D eigenvalue weighted by Crippen LogP contribution is -2.21. The molecule has 0 unspecified atom stereocenters. The van der Waals surface area contributed by atoms with Crippen LogP contribution < -0.4 is 15.4 Å². The zero-order valence-electron chi connectivity index (χ0n) is 14.7. The summed E-state index contributed by atoms with van der Waals surface area (Å²) in [6.07, 6.45) is 0.131. The number of benzene rings is 2. The Labute approximate surface area is 160 Å². The van der Waals surface area contributed by atoms with Crippen molar-refractivity contribution in [2.75, 3.05) is 30.9 Å². The van der Waals surface area contributed by atoms with Crippen LogP contribution in [0.1, 0.15) is 6.42 Å². The SMILES string of the molecule is COc1ccccc1NCCC(=O)OCC(=O)Nc1nc2ccccc2s1. The number of hydrogen-bond donors (Lipinski definition) is 2. The first-order valence-corrected chi connectivity index (χ1v) is 9.15. The van der Waals surface area contributed by atoms with Crippen LogP contribution in [0.25, 0.3) is 10.2 Å². The molecule has 140 valence electrons. The van der Waals surface area contributed by atoms with E-state index in [-0.39, 0.29) is 13.0 Å². The third kappa shape index (κ3) is 5.18. The molecule has 0 fully saturated rings. The number of hydrogen-bond acceptors (Lipinski definition) is 7. The second-order valence-electron chi connectivity index (χ2n) is 5.57. The van der Waals surface area contributed by atoms with E-state index < -0.39 is 11.9 Å². The van der Waals surface area contributed by atoms with Gasteiger partial charge in [0.1, 0.15) is 5.75 Å². The molecule has 0 aliphatic rings. The van der Waals surface area contributed by atoms with Crippen LogP contribution in [-0.4, -0.2) is 37.1 Å². The number of amides is 1. The first kappa shape index (κ1) is 18.7. The Balaban J connectivity index is 1.40. The average molecular weight is 385 g/mol. The van der Waals surface area contributed by atoms with Crippen LogP contribution in [-0.2, 0) is 14.3 Å². The van der Waals surface area contributed by atoms with Gasteiger partial charge in [0.2, 0.25) is 0 Å². The van der Waals surface area contributed by atoms with Gasteiger partial charge in [-0.3, -0.25) is 14.9 Å². The predicted molar refractivity (Wildman–Crippen MR) is 105 cm³/mol. The molecule has 0 radical (unpaired) electrons. The number of carbonyl (C=O) groups is 2. The van der Waals surface area contributed by atoms with Crippen LogP contribution in [0.3, 0.4) is 0 Å². The highest BCUT2D eigenvalue weighted by atomic mass is 32.1. The normalized spacial score (nSPS) is 10.4. The summed E-state index contributed by atoms with van der Waals surface area (Å²) in [5.41, 5.74) is 1.61. The van der Waals surface area contributed by atoms with E-state index in [9.17, 15) is 9.59 Å². The van der Waals surface area contributed by atoms with Crippen molar-refractivity contribution in [3.63, 3.8) is 0 Å². The molecule has 2 N–H and O–H groups in total. The maximum Gasteiger partial charge on any atom is 0.308 e. The maximum absolute atomic E-state index is 11.9. The number of ether oxygens (including phenoxy) is 2. The molecule has 27 heavy (non-hydrogen) atoms. The molecule has 0 atom stereocenters. The second kappa shape index (κ2) is 9.00. The molecule has 1 amide bonds. The van der Waals surface area contributed by atoms with Crippen molar-refractivity contribution in [2.24, 2.45) is 0 Å². The molecule has 7 nitrogen and oxygen atoms in total. The van der Waals surface area contributed by atoms with Crippen LogP contribution in [0.2, 0.25) is 0 Å². The minimum Gasteiger partial charge on any atom is -0.495 e. The molecule has 8 heteroatoms. The summed E-state index contributed by atoms with van der Waals surface area (Å²) < 4.78 is 11.2. The molecule has 0 spiro atoms. The molecule has 0 saturated heterocycles. The monoisotopic (exact) mass is 385 g/mol. The van der Waals surface area contributed by atoms with Crippen LogP contribution in [0.5, 0.6) is 5.75 Å². The van der Waals surface area contributed by atoms with Gasteiger partial charge in [-0.05, 0) is 24.3 Å². The van der Waals surface area contributed by atoms with E-state index in [1.807, 2.05) is 48.5 Å². The van der Waals surface area contributed by atoms with E-state index in [2.05, 4.69) is 15.6 Å². The molecule has 2 aromatic carbocycles. The van der Waals surface area contributed by atoms with E-state index in [0.717, 1.165) is 15.9 Å². The minimum absolute atomic E-state index is 0.131. The van der Waals surface area contributed by atoms with Crippen molar-refractivity contribution in [3.8, 4) is 5.75 Å². The number of esters is 1. The Hall–Kier alpha value is -3.13. The lowest BCUT2D eigenvalue weighted by atomic mass is 10.3. The largest absolute Gasteiger partial charge is 0.495 e. The van der Waals surface area contributed by atoms with Crippen LogP contribution in [0.4, 0.5) is 10.8 Å². The van der Waals surface area contributed by atoms with E-state index in [4.69, 9.17) is 9.47 Å². The highest BCUT2D eigenvalue weighted by Gasteiger charge is 2.11. The number of methoxy groups -OCH3 is 1. The van der Waals surface area contributed by atoms with Gasteiger partial charge in [-0.25, -0.2) is 4.98 Å². The summed E-state index contributed by atoms with van der Waals surface area (Å²) in [5, 5.41) is 6.23. The fourth-order valence-electron chi connectivity index (χ4n) is 2.39. The number of anilines is 2. The van der Waals surface area contributed by atoms with E-state index in [0.29, 0.717) is 17.4 Å². The third-order valence-electron chi connectivity index (χ3n) is 3.66. The quantitative estimate of drug-likeness (QED) is 0.579. The zero-order chi connectivity index (χ0) is 19.1. The summed E-state index contributed by atoms with van der Waals surface area (Å²) in [6, 6.07) is 15.0. The lowest BCUT2D eigenvalue weighted by molar-refractivity contribution is -0.147. The zero-order valence-corrected chi connectivity index (χ0v) is 15.5. The number of carbonyl (C=O) groups excluding carboxylic acids is 2. The Bertz CT molecular complexity index is 908. The van der Waals surface area contributed by atoms with Gasteiger partial charge in [-0.2, -0.15) is 0 Å². The molecule has 0 aliphatic heterocycles. The van der Waals surface area contributed by atoms with Crippen molar-refractivity contribution >= 4 is 44.2 Å². The van der Waals surface area contributed by atoms with Gasteiger partial charge >= 0.3 is 5.97 Å². The highest BCUT2D eigenvalue weighted by molar-refractivity contribution is 7.22. The fourth-order valence-corrected chi connectivity index (χ4v) is 3.27. The molecule has 0 bridgehead atoms. The smallest absolute Gasteiger partial charge is 0.308 e. The highest BCUT2D eigenvalue weighted by Crippen LogP contribution is 2.25. The molecular weight excluding hydrogens is 366 g/mol. The number of rotatable bonds is 8. The minimum atomic E-state index is -0.461. The summed E-state index contributed by atoms with van der Waals surface area (Å²) in [6.45, 7) is 0.0299. The maximum atomic E-state index is 11.9. The van der Waals surface area contributed by atoms with Gasteiger partial charge in [-0.1, -0.05) is 35.6 Å². The van der Waals surface area contributed by atoms with Gasteiger partial charge in [0, 0.05) is 6.54 Å². The van der Waals surface area contributed by atoms with Crippen LogP contribution in [0.15, 0.2) is 48.5 Å². The Kier molecular flexibility index (Phi) is 6.22. The summed E-state index contributed by atoms with van der Waals surface area (Å²) in [5.74, 6) is -0.182. The molecule has 3 aromatic rings. The van der Waals surface area contributed by atoms with Crippen molar-refractivity contribution in [2.45, 2.75) is 6.42 Å². The van der Waals surface area contributed by atoms with Crippen molar-refractivity contribution in [1.82, 2.24) is 4.98 Å². The molecule has 1 heterocycles. The van der Waals surface area contributed by atoms with E-state index in [1.54, 1.807) is 7.11 Å². The molecule has 3 rings (SSSR count). The van der Waals surface area contributed by atoms with Crippen molar-refractivity contribution in [1.29, 1.82) is 0 Å². The fraction of sp³-hybridized carbons (Fsp3) is 0.211. The Morgan fingerprint density at radius 3 is 2.70 bits per heavy atom. The van der Waals surface area contributed by atoms with E-state index >= 15 is 0 Å². The number of nitrogens with one attached hydrogen (secondary N) is 2. The Morgan fingerprint density at radius 1 is 1.11 bits per heavy atom. The van der Waals surface area contributed by atoms with Gasteiger partial charge in [-0.15, -0.1) is 0 Å². The second-order valence-corrected chi connectivity index (χ2v) is 6.60. The number of para-hydroxylation sites is 3. The molecule has 0 aliphatic carbocycles. The number of nitrogens with zero attached hydrogens (tertiary/aromatic N) is 1. The summed E-state index contributed by atoms with van der Waals surface area (Å²) in [7, 11) is 1.58. The third-order valence-corrected chi connectivity index (χ3v) is 4.61. The molecular formula is C19H19N3O4S. The van der Waals surface area contributed by atoms with Gasteiger partial charge in [0.15, 0.2) is 11.7 Å². The molecule has 1 aromatic heterocycles. The van der Waals surface area contributed by atoms with Gasteiger partial charge in [0.05, 0.1) is 29.4 Å². The summed E-state index contributed by atoms with van der Waals surface area (Å²) in [4.78, 5) is 28.0. The predicted octanol–water partition coefficient (Wildman–Crippen LogP) is 3.29. The Morgan fingerprint density at radius 2 is 1.89 bits per heavy atom. The van der Waals surface area contributed by atoms with Gasteiger partial charge < -0.3 is 14.8 Å². The van der Waals surface area contributed by atoms with Gasteiger partial charge in [0.25, 0.3) is 5.91 Å². The van der Waals surface area contributed by atoms with E-state index in [1.165, 1.54) is 11.3 Å². The molecule has 0 saturated carbocycles.